The number of halogens is 3. The van der Waals surface area contributed by atoms with E-state index in [9.17, 15) is 31.2 Å². The van der Waals surface area contributed by atoms with E-state index in [1.165, 1.54) is 19.3 Å². The highest BCUT2D eigenvalue weighted by molar-refractivity contribution is 7.89. The Kier molecular flexibility index (Phi) is 7.51. The molecule has 1 aromatic carbocycles. The third kappa shape index (κ3) is 6.26. The van der Waals surface area contributed by atoms with Gasteiger partial charge in [-0.05, 0) is 31.2 Å². The Balaban J connectivity index is 1.90. The van der Waals surface area contributed by atoms with Gasteiger partial charge in [0.15, 0.2) is 0 Å². The molecule has 2 aromatic rings. The van der Waals surface area contributed by atoms with Gasteiger partial charge in [0.05, 0.1) is 22.1 Å². The van der Waals surface area contributed by atoms with E-state index in [2.05, 4.69) is 15.6 Å². The number of carbonyl (C=O) groups excluding carboxylic acids is 2. The van der Waals surface area contributed by atoms with Crippen LogP contribution in [0.1, 0.15) is 22.8 Å². The number of hydrogen-bond donors (Lipinski definition) is 3. The van der Waals surface area contributed by atoms with Gasteiger partial charge in [0.25, 0.3) is 5.91 Å². The number of benzene rings is 1. The number of nitrogens with zero attached hydrogens (tertiary/aromatic N) is 1. The molecule has 0 saturated carbocycles. The lowest BCUT2D eigenvalue weighted by Crippen LogP contribution is -2.46. The van der Waals surface area contributed by atoms with Gasteiger partial charge >= 0.3 is 6.18 Å². The van der Waals surface area contributed by atoms with E-state index < -0.39 is 44.5 Å². The second kappa shape index (κ2) is 9.67. The van der Waals surface area contributed by atoms with Crippen LogP contribution in [0.2, 0.25) is 0 Å². The minimum atomic E-state index is -4.87. The molecule has 8 nitrogen and oxygen atoms in total. The molecule has 1 heterocycles. The first-order valence-electron chi connectivity index (χ1n) is 8.67. The van der Waals surface area contributed by atoms with Crippen LogP contribution in [0.4, 0.5) is 13.2 Å². The van der Waals surface area contributed by atoms with Crippen molar-refractivity contribution in [3.63, 3.8) is 0 Å². The molecular weight excluding hydrogens is 425 g/mol. The van der Waals surface area contributed by atoms with Crippen LogP contribution < -0.4 is 15.4 Å². The Morgan fingerprint density at radius 2 is 1.73 bits per heavy atom. The molecule has 0 aliphatic carbocycles. The average molecular weight is 444 g/mol. The minimum absolute atomic E-state index is 0.0178. The molecule has 30 heavy (non-hydrogen) atoms. The van der Waals surface area contributed by atoms with Crippen molar-refractivity contribution in [2.24, 2.45) is 0 Å². The van der Waals surface area contributed by atoms with E-state index in [1.807, 2.05) is 4.72 Å². The van der Waals surface area contributed by atoms with Crippen LogP contribution in [0.3, 0.4) is 0 Å². The highest BCUT2D eigenvalue weighted by Gasteiger charge is 2.37. The molecule has 0 aliphatic heterocycles. The molecule has 2 rings (SSSR count). The van der Waals surface area contributed by atoms with Gasteiger partial charge < -0.3 is 10.6 Å². The maximum Gasteiger partial charge on any atom is 0.417 e. The van der Waals surface area contributed by atoms with Crippen molar-refractivity contribution in [2.75, 3.05) is 13.1 Å². The SMILES string of the molecule is C[C@H](NS(=O)(=O)c1ccccc1C(F)(F)F)C(=O)NCCNC(=O)c1cccnc1. The third-order valence-electron chi connectivity index (χ3n) is 3.84. The average Bonchev–Trinajstić information content (AvgIpc) is 2.70. The van der Waals surface area contributed by atoms with Crippen molar-refractivity contribution in [3.05, 3.63) is 59.9 Å². The summed E-state index contributed by atoms with van der Waals surface area (Å²) in [5.41, 5.74) is -1.00. The number of rotatable bonds is 8. The molecule has 3 N–H and O–H groups in total. The van der Waals surface area contributed by atoms with E-state index in [0.717, 1.165) is 18.2 Å². The third-order valence-corrected chi connectivity index (χ3v) is 5.44. The largest absolute Gasteiger partial charge is 0.417 e. The smallest absolute Gasteiger partial charge is 0.353 e. The Bertz CT molecular complexity index is 998. The number of aromatic nitrogens is 1. The van der Waals surface area contributed by atoms with Crippen LogP contribution in [0.15, 0.2) is 53.7 Å². The lowest BCUT2D eigenvalue weighted by molar-refractivity contribution is -0.139. The van der Waals surface area contributed by atoms with E-state index in [0.29, 0.717) is 11.6 Å². The van der Waals surface area contributed by atoms with Crippen LogP contribution in [0.25, 0.3) is 0 Å². The van der Waals surface area contributed by atoms with Gasteiger partial charge in [-0.1, -0.05) is 12.1 Å². The summed E-state index contributed by atoms with van der Waals surface area (Å²) in [5, 5.41) is 4.92. The first-order valence-corrected chi connectivity index (χ1v) is 10.1. The number of amides is 2. The fourth-order valence-electron chi connectivity index (χ4n) is 2.40. The topological polar surface area (TPSA) is 117 Å². The summed E-state index contributed by atoms with van der Waals surface area (Å²) in [6.45, 7) is 1.23. The second-order valence-corrected chi connectivity index (χ2v) is 7.81. The maximum atomic E-state index is 13.1. The van der Waals surface area contributed by atoms with Crippen LogP contribution in [-0.2, 0) is 21.0 Å². The fourth-order valence-corrected chi connectivity index (χ4v) is 3.83. The Morgan fingerprint density at radius 1 is 1.07 bits per heavy atom. The zero-order valence-electron chi connectivity index (χ0n) is 15.7. The summed E-state index contributed by atoms with van der Waals surface area (Å²) in [6.07, 6.45) is -2.00. The number of alkyl halides is 3. The number of nitrogens with one attached hydrogen (secondary N) is 3. The zero-order valence-corrected chi connectivity index (χ0v) is 16.5. The summed E-state index contributed by atoms with van der Waals surface area (Å²) in [4.78, 5) is 26.7. The van der Waals surface area contributed by atoms with Crippen molar-refractivity contribution in [3.8, 4) is 0 Å². The lowest BCUT2D eigenvalue weighted by Gasteiger charge is -2.17. The van der Waals surface area contributed by atoms with Crippen molar-refractivity contribution in [1.82, 2.24) is 20.3 Å². The Morgan fingerprint density at radius 3 is 2.37 bits per heavy atom. The highest BCUT2D eigenvalue weighted by Crippen LogP contribution is 2.33. The van der Waals surface area contributed by atoms with Crippen molar-refractivity contribution < 1.29 is 31.2 Å². The molecule has 2 amide bonds. The van der Waals surface area contributed by atoms with Crippen molar-refractivity contribution in [1.29, 1.82) is 0 Å². The van der Waals surface area contributed by atoms with Gasteiger partial charge in [-0.15, -0.1) is 0 Å². The van der Waals surface area contributed by atoms with Crippen molar-refractivity contribution >= 4 is 21.8 Å². The molecule has 1 atom stereocenters. The van der Waals surface area contributed by atoms with Gasteiger partial charge in [0.2, 0.25) is 15.9 Å². The number of sulfonamides is 1. The Labute approximate surface area is 170 Å². The van der Waals surface area contributed by atoms with Gasteiger partial charge in [-0.3, -0.25) is 14.6 Å². The molecule has 0 radical (unpaired) electrons. The van der Waals surface area contributed by atoms with Crippen LogP contribution in [0, 0.1) is 0 Å². The van der Waals surface area contributed by atoms with E-state index in [1.54, 1.807) is 12.1 Å². The standard InChI is InChI=1S/C18H19F3N4O4S/c1-12(16(26)23-9-10-24-17(27)13-5-4-8-22-11-13)25-30(28,29)15-7-3-2-6-14(15)18(19,20)21/h2-8,11-12,25H,9-10H2,1H3,(H,23,26)(H,24,27)/t12-/m0/s1. The van der Waals surface area contributed by atoms with Gasteiger partial charge in [-0.25, -0.2) is 8.42 Å². The lowest BCUT2D eigenvalue weighted by atomic mass is 10.2. The van der Waals surface area contributed by atoms with Gasteiger partial charge in [-0.2, -0.15) is 17.9 Å². The number of pyridine rings is 1. The summed E-state index contributed by atoms with van der Waals surface area (Å²) in [7, 11) is -4.61. The predicted octanol–water partition coefficient (Wildman–Crippen LogP) is 1.31. The molecule has 162 valence electrons. The molecule has 0 fully saturated rings. The normalized spacial score (nSPS) is 12.8. The highest BCUT2D eigenvalue weighted by atomic mass is 32.2. The van der Waals surface area contributed by atoms with Gasteiger partial charge in [0, 0.05) is 25.5 Å². The zero-order chi connectivity index (χ0) is 22.4. The summed E-state index contributed by atoms with van der Waals surface area (Å²) in [5.74, 6) is -1.17. The van der Waals surface area contributed by atoms with E-state index in [4.69, 9.17) is 0 Å². The maximum absolute atomic E-state index is 13.1. The van der Waals surface area contributed by atoms with Crippen LogP contribution in [-0.4, -0.2) is 44.3 Å². The summed E-state index contributed by atoms with van der Waals surface area (Å²) in [6, 6.07) is 5.47. The fraction of sp³-hybridized carbons (Fsp3) is 0.278. The minimum Gasteiger partial charge on any atom is -0.353 e. The molecule has 12 heteroatoms. The first-order chi connectivity index (χ1) is 14.0. The van der Waals surface area contributed by atoms with Gasteiger partial charge in [0.1, 0.15) is 0 Å². The van der Waals surface area contributed by atoms with E-state index >= 15 is 0 Å². The monoisotopic (exact) mass is 444 g/mol. The number of carbonyl (C=O) groups is 2. The Hall–Kier alpha value is -2.99. The second-order valence-electron chi connectivity index (χ2n) is 6.13. The quantitative estimate of drug-likeness (QED) is 0.531. The molecular formula is C18H19F3N4O4S. The summed E-state index contributed by atoms with van der Waals surface area (Å²) < 4.78 is 65.8. The summed E-state index contributed by atoms with van der Waals surface area (Å²) >= 11 is 0. The molecule has 0 bridgehead atoms. The molecule has 0 saturated heterocycles. The molecule has 0 spiro atoms. The predicted molar refractivity (Wildman–Crippen MR) is 101 cm³/mol. The van der Waals surface area contributed by atoms with Crippen LogP contribution >= 0.6 is 0 Å². The first kappa shape index (κ1) is 23.3. The molecule has 0 aliphatic rings. The van der Waals surface area contributed by atoms with Crippen molar-refractivity contribution in [2.45, 2.75) is 24.0 Å². The molecule has 1 aromatic heterocycles. The number of hydrogen-bond acceptors (Lipinski definition) is 5. The van der Waals surface area contributed by atoms with Crippen LogP contribution in [0.5, 0.6) is 0 Å². The van der Waals surface area contributed by atoms with E-state index in [-0.39, 0.29) is 13.1 Å². The molecule has 0 unspecified atom stereocenters.